The molecule has 0 unspecified atom stereocenters. The fraction of sp³-hybridized carbons (Fsp3) is 0.120. The number of ketones is 1. The molecule has 0 saturated heterocycles. The summed E-state index contributed by atoms with van der Waals surface area (Å²) in [5.41, 5.74) is 3.09. The average Bonchev–Trinajstić information content (AvgIpc) is 3.08. The molecule has 0 N–H and O–H groups in total. The molecular weight excluding hydrogens is 432 g/mol. The smallest absolute Gasteiger partial charge is 0.343 e. The highest BCUT2D eigenvalue weighted by molar-refractivity contribution is 6.31. The van der Waals surface area contributed by atoms with E-state index >= 15 is 0 Å². The molecule has 0 radical (unpaired) electrons. The Bertz CT molecular complexity index is 1290. The number of carbonyl (C=O) groups excluding carboxylic acids is 2. The van der Waals surface area contributed by atoms with E-state index in [1.165, 1.54) is 6.07 Å². The Morgan fingerprint density at radius 2 is 1.97 bits per heavy atom. The number of fused-ring (bicyclic) bond motifs is 2. The van der Waals surface area contributed by atoms with E-state index < -0.39 is 5.97 Å². The van der Waals surface area contributed by atoms with Crippen LogP contribution < -0.4 is 14.2 Å². The molecule has 32 heavy (non-hydrogen) atoms. The minimum Gasteiger partial charge on any atom is -0.467 e. The summed E-state index contributed by atoms with van der Waals surface area (Å²) in [6.45, 7) is 2.33. The Balaban J connectivity index is 1.42. The number of halogens is 1. The van der Waals surface area contributed by atoms with Gasteiger partial charge in [0, 0.05) is 22.2 Å². The molecule has 160 valence electrons. The summed E-state index contributed by atoms with van der Waals surface area (Å²) >= 11 is 6.21. The maximum Gasteiger partial charge on any atom is 0.343 e. The number of carbonyl (C=O) groups is 2. The van der Waals surface area contributed by atoms with E-state index in [1.807, 2.05) is 19.1 Å². The van der Waals surface area contributed by atoms with E-state index in [2.05, 4.69) is 0 Å². The molecule has 0 aromatic heterocycles. The first-order valence-electron chi connectivity index (χ1n) is 9.88. The number of rotatable bonds is 3. The van der Waals surface area contributed by atoms with Crippen molar-refractivity contribution < 1.29 is 28.5 Å². The van der Waals surface area contributed by atoms with Gasteiger partial charge in [0.25, 0.3) is 0 Å². The first-order chi connectivity index (χ1) is 15.5. The van der Waals surface area contributed by atoms with E-state index in [-0.39, 0.29) is 24.1 Å². The monoisotopic (exact) mass is 448 g/mol. The Kier molecular flexibility index (Phi) is 5.17. The van der Waals surface area contributed by atoms with Crippen LogP contribution in [0.3, 0.4) is 0 Å². The van der Waals surface area contributed by atoms with Crippen molar-refractivity contribution in [3.63, 3.8) is 0 Å². The van der Waals surface area contributed by atoms with Crippen molar-refractivity contribution in [2.75, 3.05) is 6.79 Å². The molecule has 2 aliphatic heterocycles. The zero-order valence-electron chi connectivity index (χ0n) is 17.0. The van der Waals surface area contributed by atoms with Crippen molar-refractivity contribution in [2.24, 2.45) is 0 Å². The van der Waals surface area contributed by atoms with Crippen LogP contribution in [0.4, 0.5) is 0 Å². The maximum atomic E-state index is 12.9. The third-order valence-electron chi connectivity index (χ3n) is 5.21. The molecule has 0 amide bonds. The molecule has 3 aromatic rings. The van der Waals surface area contributed by atoms with Gasteiger partial charge in [0.1, 0.15) is 17.2 Å². The van der Waals surface area contributed by atoms with Gasteiger partial charge in [0.2, 0.25) is 5.78 Å². The standard InChI is InChI=1S/C25H17ClO6/c1-14-4-2-3-5-19(14)25(28)31-18-6-7-20-21(11-18)32-22(23(20)27)10-15-8-17(26)9-16-12-29-13-30-24(15)16/h2-11H,12-13H2,1H3/b22-10-. The van der Waals surface area contributed by atoms with Crippen molar-refractivity contribution in [1.82, 2.24) is 0 Å². The molecule has 3 aromatic carbocycles. The van der Waals surface area contributed by atoms with Gasteiger partial charge in [-0.2, -0.15) is 0 Å². The van der Waals surface area contributed by atoms with Crippen LogP contribution in [0.1, 0.15) is 37.4 Å². The number of allylic oxidation sites excluding steroid dienone is 1. The minimum atomic E-state index is -0.479. The Labute approximate surface area is 188 Å². The van der Waals surface area contributed by atoms with Gasteiger partial charge in [0.15, 0.2) is 12.6 Å². The minimum absolute atomic E-state index is 0.120. The lowest BCUT2D eigenvalue weighted by atomic mass is 10.1. The summed E-state index contributed by atoms with van der Waals surface area (Å²) in [7, 11) is 0. The normalized spacial score (nSPS) is 15.6. The fourth-order valence-electron chi connectivity index (χ4n) is 3.65. The van der Waals surface area contributed by atoms with Crippen LogP contribution in [0.2, 0.25) is 5.02 Å². The van der Waals surface area contributed by atoms with Crippen molar-refractivity contribution in [1.29, 1.82) is 0 Å². The van der Waals surface area contributed by atoms with Gasteiger partial charge in [-0.3, -0.25) is 4.79 Å². The van der Waals surface area contributed by atoms with Crippen LogP contribution in [0, 0.1) is 6.92 Å². The van der Waals surface area contributed by atoms with Crippen LogP contribution in [0.25, 0.3) is 6.08 Å². The fourth-order valence-corrected chi connectivity index (χ4v) is 3.90. The third kappa shape index (κ3) is 3.75. The second-order valence-corrected chi connectivity index (χ2v) is 7.83. The summed E-state index contributed by atoms with van der Waals surface area (Å²) in [5.74, 6) is 0.573. The number of esters is 1. The molecule has 2 heterocycles. The van der Waals surface area contributed by atoms with Crippen LogP contribution in [0.15, 0.2) is 60.4 Å². The maximum absolute atomic E-state index is 12.9. The zero-order valence-corrected chi connectivity index (χ0v) is 17.8. The van der Waals surface area contributed by atoms with Crippen molar-refractivity contribution in [3.05, 3.63) is 93.2 Å². The predicted octanol–water partition coefficient (Wildman–Crippen LogP) is 5.35. The second-order valence-electron chi connectivity index (χ2n) is 7.40. The van der Waals surface area contributed by atoms with Crippen LogP contribution in [0.5, 0.6) is 17.2 Å². The van der Waals surface area contributed by atoms with Gasteiger partial charge >= 0.3 is 5.97 Å². The van der Waals surface area contributed by atoms with E-state index in [1.54, 1.807) is 42.5 Å². The first kappa shape index (κ1) is 20.3. The van der Waals surface area contributed by atoms with Crippen molar-refractivity contribution >= 4 is 29.4 Å². The second kappa shape index (κ2) is 8.15. The molecule has 0 aliphatic carbocycles. The highest BCUT2D eigenvalue weighted by Gasteiger charge is 2.29. The summed E-state index contributed by atoms with van der Waals surface area (Å²) in [6, 6.07) is 15.3. The first-order valence-corrected chi connectivity index (χ1v) is 10.3. The van der Waals surface area contributed by atoms with Gasteiger partial charge in [-0.15, -0.1) is 0 Å². The van der Waals surface area contributed by atoms with Gasteiger partial charge < -0.3 is 18.9 Å². The Morgan fingerprint density at radius 1 is 1.12 bits per heavy atom. The molecule has 2 aliphatic rings. The summed E-state index contributed by atoms with van der Waals surface area (Å²) in [4.78, 5) is 25.3. The molecule has 0 saturated carbocycles. The number of benzene rings is 3. The van der Waals surface area contributed by atoms with Gasteiger partial charge in [-0.25, -0.2) is 4.79 Å². The predicted molar refractivity (Wildman–Crippen MR) is 117 cm³/mol. The molecule has 7 heteroatoms. The van der Waals surface area contributed by atoms with E-state index in [4.69, 9.17) is 30.5 Å². The SMILES string of the molecule is Cc1ccccc1C(=O)Oc1ccc2c(c1)O/C(=C\c1cc(Cl)cc3c1OCOC3)C2=O. The number of hydrogen-bond donors (Lipinski definition) is 0. The highest BCUT2D eigenvalue weighted by atomic mass is 35.5. The van der Waals surface area contributed by atoms with Gasteiger partial charge in [-0.05, 0) is 48.9 Å². The third-order valence-corrected chi connectivity index (χ3v) is 5.43. The Hall–Kier alpha value is -3.61. The average molecular weight is 449 g/mol. The number of hydrogen-bond acceptors (Lipinski definition) is 6. The van der Waals surface area contributed by atoms with E-state index in [9.17, 15) is 9.59 Å². The quantitative estimate of drug-likeness (QED) is 0.305. The molecule has 0 bridgehead atoms. The Morgan fingerprint density at radius 3 is 2.81 bits per heavy atom. The molecular formula is C25H17ClO6. The van der Waals surface area contributed by atoms with E-state index in [0.717, 1.165) is 11.1 Å². The van der Waals surface area contributed by atoms with Crippen LogP contribution in [-0.2, 0) is 11.3 Å². The van der Waals surface area contributed by atoms with Gasteiger partial charge in [-0.1, -0.05) is 29.8 Å². The summed E-state index contributed by atoms with van der Waals surface area (Å²) < 4.78 is 22.2. The summed E-state index contributed by atoms with van der Waals surface area (Å²) in [6.07, 6.45) is 1.59. The molecule has 6 nitrogen and oxygen atoms in total. The summed E-state index contributed by atoms with van der Waals surface area (Å²) in [5, 5.41) is 0.498. The lowest BCUT2D eigenvalue weighted by molar-refractivity contribution is -0.0165. The van der Waals surface area contributed by atoms with Gasteiger partial charge in [0.05, 0.1) is 17.7 Å². The lowest BCUT2D eigenvalue weighted by Gasteiger charge is -2.20. The zero-order chi connectivity index (χ0) is 22.2. The van der Waals surface area contributed by atoms with Crippen LogP contribution in [-0.4, -0.2) is 18.5 Å². The number of aryl methyl sites for hydroxylation is 1. The number of Topliss-reactive ketones (excluding diaryl/α,β-unsaturated/α-hetero) is 1. The largest absolute Gasteiger partial charge is 0.467 e. The highest BCUT2D eigenvalue weighted by Crippen LogP contribution is 2.38. The topological polar surface area (TPSA) is 71.1 Å². The molecule has 0 fully saturated rings. The molecule has 0 atom stereocenters. The van der Waals surface area contributed by atoms with Crippen LogP contribution >= 0.6 is 11.6 Å². The molecule has 5 rings (SSSR count). The van der Waals surface area contributed by atoms with Crippen molar-refractivity contribution in [3.8, 4) is 17.2 Å². The van der Waals surface area contributed by atoms with E-state index in [0.29, 0.717) is 39.8 Å². The van der Waals surface area contributed by atoms with Crippen molar-refractivity contribution in [2.45, 2.75) is 13.5 Å². The lowest BCUT2D eigenvalue weighted by Crippen LogP contribution is -2.12. The number of ether oxygens (including phenoxy) is 4. The molecule has 0 spiro atoms.